The number of hydrogen-bond donors (Lipinski definition) is 0. The quantitative estimate of drug-likeness (QED) is 0.346. The molecule has 0 N–H and O–H groups in total. The molecular weight excluding hydrogens is 250 g/mol. The molecule has 7 heteroatoms. The van der Waals surface area contributed by atoms with Gasteiger partial charge in [-0.2, -0.15) is 10.5 Å². The highest BCUT2D eigenvalue weighted by Crippen LogP contribution is 2.18. The Kier molecular flexibility index (Phi) is 5.62. The molecule has 6 nitrogen and oxygen atoms in total. The van der Waals surface area contributed by atoms with Crippen molar-refractivity contribution < 1.29 is 4.84 Å². The minimum absolute atomic E-state index is 0.00991. The van der Waals surface area contributed by atoms with E-state index in [1.807, 2.05) is 19.9 Å². The molecule has 0 saturated heterocycles. The monoisotopic (exact) mass is 261 g/mol. The third-order valence-corrected chi connectivity index (χ3v) is 2.78. The van der Waals surface area contributed by atoms with E-state index in [-0.39, 0.29) is 12.3 Å². The van der Waals surface area contributed by atoms with Gasteiger partial charge in [0, 0.05) is 0 Å². The van der Waals surface area contributed by atoms with Gasteiger partial charge in [-0.15, -0.1) is 11.8 Å². The molecule has 0 radical (unpaired) electrons. The van der Waals surface area contributed by atoms with Crippen LogP contribution in [0, 0.1) is 29.6 Å². The molecule has 0 aromatic carbocycles. The number of aryl methyl sites for hydroxylation is 1. The largest absolute Gasteiger partial charge is 0.379 e. The van der Waals surface area contributed by atoms with Crippen LogP contribution in [0.25, 0.3) is 0 Å². The lowest BCUT2D eigenvalue weighted by Crippen LogP contribution is -2.05. The molecule has 0 saturated carbocycles. The second-order valence-corrected chi connectivity index (χ2v) is 4.31. The van der Waals surface area contributed by atoms with E-state index in [1.54, 1.807) is 17.8 Å². The topological polar surface area (TPSA) is 95.0 Å². The molecule has 1 aromatic heterocycles. The number of oxime groups is 1. The lowest BCUT2D eigenvalue weighted by molar-refractivity contribution is 0.179. The van der Waals surface area contributed by atoms with Crippen LogP contribution in [-0.4, -0.2) is 28.0 Å². The summed E-state index contributed by atoms with van der Waals surface area (Å²) in [6.07, 6.45) is 1.47. The fraction of sp³-hybridized carbons (Fsp3) is 0.364. The molecule has 1 aromatic rings. The molecule has 0 unspecified atom stereocenters. The Bertz CT molecular complexity index is 529. The van der Waals surface area contributed by atoms with Crippen LogP contribution in [-0.2, 0) is 4.84 Å². The molecule has 0 aliphatic rings. The molecule has 0 spiro atoms. The summed E-state index contributed by atoms with van der Waals surface area (Å²) in [5.41, 5.74) is 1.16. The number of thioether (sulfide) groups is 1. The van der Waals surface area contributed by atoms with Crippen molar-refractivity contribution in [3.63, 3.8) is 0 Å². The average Bonchev–Trinajstić information content (AvgIpc) is 2.38. The Hall–Kier alpha value is -2.12. The smallest absolute Gasteiger partial charge is 0.206 e. The molecular formula is C11H11N5OS. The maximum Gasteiger partial charge on any atom is 0.206 e. The Morgan fingerprint density at radius 1 is 1.56 bits per heavy atom. The molecule has 0 bridgehead atoms. The second-order valence-electron chi connectivity index (χ2n) is 3.06. The minimum Gasteiger partial charge on any atom is -0.379 e. The zero-order valence-electron chi connectivity index (χ0n) is 10.0. The maximum atomic E-state index is 8.95. The normalized spacial score (nSPS) is 10.6. The molecule has 92 valence electrons. The Morgan fingerprint density at radius 2 is 2.33 bits per heavy atom. The van der Waals surface area contributed by atoms with Crippen molar-refractivity contribution in [1.82, 2.24) is 9.97 Å². The first-order chi connectivity index (χ1) is 8.72. The molecule has 0 fully saturated rings. The third-order valence-electron chi connectivity index (χ3n) is 1.83. The van der Waals surface area contributed by atoms with E-state index in [4.69, 9.17) is 10.5 Å². The summed E-state index contributed by atoms with van der Waals surface area (Å²) in [5.74, 6) is 0.864. The lowest BCUT2D eigenvalue weighted by Gasteiger charge is -2.04. The first-order valence-corrected chi connectivity index (χ1v) is 6.15. The van der Waals surface area contributed by atoms with Gasteiger partial charge in [0.05, 0.1) is 11.9 Å². The zero-order chi connectivity index (χ0) is 13.4. The Labute approximate surface area is 109 Å². The highest BCUT2D eigenvalue weighted by molar-refractivity contribution is 7.99. The van der Waals surface area contributed by atoms with Gasteiger partial charge in [0.2, 0.25) is 12.3 Å². The number of aromatic nitrogens is 2. The van der Waals surface area contributed by atoms with Crippen molar-refractivity contribution in [3.05, 3.63) is 17.6 Å². The summed E-state index contributed by atoms with van der Waals surface area (Å²) in [5, 5.41) is 21.6. The van der Waals surface area contributed by atoms with Gasteiger partial charge >= 0.3 is 0 Å². The van der Waals surface area contributed by atoms with Crippen LogP contribution in [0.1, 0.15) is 18.3 Å². The molecule has 18 heavy (non-hydrogen) atoms. The lowest BCUT2D eigenvalue weighted by atomic mass is 10.3. The highest BCUT2D eigenvalue weighted by atomic mass is 32.2. The molecule has 0 aliphatic carbocycles. The summed E-state index contributed by atoms with van der Waals surface area (Å²) in [6, 6.07) is 3.63. The van der Waals surface area contributed by atoms with E-state index in [9.17, 15) is 0 Å². The zero-order valence-corrected chi connectivity index (χ0v) is 10.9. The number of nitrogens with zero attached hydrogens (tertiary/aromatic N) is 5. The molecule has 0 atom stereocenters. The molecule has 1 rings (SSSR count). The van der Waals surface area contributed by atoms with Crippen LogP contribution in [0.2, 0.25) is 0 Å². The van der Waals surface area contributed by atoms with Gasteiger partial charge in [-0.1, -0.05) is 12.1 Å². The fourth-order valence-electron chi connectivity index (χ4n) is 1.07. The van der Waals surface area contributed by atoms with Gasteiger partial charge in [0.25, 0.3) is 0 Å². The van der Waals surface area contributed by atoms with E-state index in [1.165, 1.54) is 6.20 Å². The van der Waals surface area contributed by atoms with Gasteiger partial charge in [-0.25, -0.2) is 4.98 Å². The van der Waals surface area contributed by atoms with Crippen molar-refractivity contribution in [3.8, 4) is 12.1 Å². The van der Waals surface area contributed by atoms with Crippen molar-refractivity contribution in [2.24, 2.45) is 5.16 Å². The molecule has 0 aliphatic heterocycles. The van der Waals surface area contributed by atoms with Crippen molar-refractivity contribution in [1.29, 1.82) is 10.5 Å². The van der Waals surface area contributed by atoms with Crippen LogP contribution >= 0.6 is 11.8 Å². The number of nitriles is 2. The Balaban J connectivity index is 3.01. The predicted molar refractivity (Wildman–Crippen MR) is 66.9 cm³/mol. The van der Waals surface area contributed by atoms with Crippen molar-refractivity contribution in [2.45, 2.75) is 18.9 Å². The van der Waals surface area contributed by atoms with Crippen molar-refractivity contribution >= 4 is 17.5 Å². The second kappa shape index (κ2) is 7.25. The van der Waals surface area contributed by atoms with E-state index < -0.39 is 0 Å². The SMILES string of the molecule is CCSc1nc(/C(C#N)=N/OCC#N)cnc1C. The van der Waals surface area contributed by atoms with Crippen LogP contribution in [0.5, 0.6) is 0 Å². The number of rotatable bonds is 5. The summed E-state index contributed by atoms with van der Waals surface area (Å²) >= 11 is 1.54. The van der Waals surface area contributed by atoms with Gasteiger partial charge in [0.1, 0.15) is 22.9 Å². The van der Waals surface area contributed by atoms with Gasteiger partial charge in [0.15, 0.2) is 0 Å². The average molecular weight is 261 g/mol. The standard InChI is InChI=1S/C11H11N5OS/c1-3-18-11-8(2)14-7-10(15-11)9(6-13)16-17-5-4-12/h7H,3,5H2,1-2H3/b16-9+. The fourth-order valence-corrected chi connectivity index (χ4v) is 1.77. The Morgan fingerprint density at radius 3 is 2.94 bits per heavy atom. The van der Waals surface area contributed by atoms with Gasteiger partial charge in [-0.05, 0) is 12.7 Å². The first-order valence-electron chi connectivity index (χ1n) is 5.16. The minimum atomic E-state index is -0.207. The van der Waals surface area contributed by atoms with E-state index in [0.29, 0.717) is 5.69 Å². The summed E-state index contributed by atoms with van der Waals surface area (Å²) in [6.45, 7) is 3.65. The van der Waals surface area contributed by atoms with Gasteiger partial charge in [-0.3, -0.25) is 4.98 Å². The summed E-state index contributed by atoms with van der Waals surface area (Å²) < 4.78 is 0. The predicted octanol–water partition coefficient (Wildman–Crippen LogP) is 1.66. The van der Waals surface area contributed by atoms with Crippen LogP contribution in [0.3, 0.4) is 0 Å². The molecule has 0 amide bonds. The maximum absolute atomic E-state index is 8.95. The first kappa shape index (κ1) is 13.9. The highest BCUT2D eigenvalue weighted by Gasteiger charge is 2.09. The molecule has 1 heterocycles. The van der Waals surface area contributed by atoms with Gasteiger partial charge < -0.3 is 4.84 Å². The summed E-state index contributed by atoms with van der Waals surface area (Å²) in [4.78, 5) is 13.1. The summed E-state index contributed by atoms with van der Waals surface area (Å²) in [7, 11) is 0. The van der Waals surface area contributed by atoms with Crippen LogP contribution in [0.15, 0.2) is 16.4 Å². The van der Waals surface area contributed by atoms with Crippen molar-refractivity contribution in [2.75, 3.05) is 12.4 Å². The van der Waals surface area contributed by atoms with E-state index in [2.05, 4.69) is 20.0 Å². The third kappa shape index (κ3) is 3.72. The number of hydrogen-bond acceptors (Lipinski definition) is 7. The van der Waals surface area contributed by atoms with Crippen LogP contribution < -0.4 is 0 Å². The van der Waals surface area contributed by atoms with Crippen LogP contribution in [0.4, 0.5) is 0 Å². The van der Waals surface area contributed by atoms with E-state index in [0.717, 1.165) is 16.5 Å². The van der Waals surface area contributed by atoms with E-state index >= 15 is 0 Å².